The first-order valence-corrected chi connectivity index (χ1v) is 8.64. The van der Waals surface area contributed by atoms with Gasteiger partial charge in [0.1, 0.15) is 12.7 Å². The van der Waals surface area contributed by atoms with Gasteiger partial charge in [-0.15, -0.1) is 0 Å². The number of esters is 1. The molecular weight excluding hydrogens is 314 g/mol. The van der Waals surface area contributed by atoms with Gasteiger partial charge in [0.25, 0.3) is 0 Å². The van der Waals surface area contributed by atoms with Crippen LogP contribution in [-0.4, -0.2) is 49.8 Å². The summed E-state index contributed by atoms with van der Waals surface area (Å²) in [7, 11) is 0. The summed E-state index contributed by atoms with van der Waals surface area (Å²) in [6.45, 7) is 8.32. The minimum Gasteiger partial charge on any atom is -0.463 e. The number of carbonyl (C=O) groups is 1. The fourth-order valence-electron chi connectivity index (χ4n) is 2.72. The van der Waals surface area contributed by atoms with E-state index in [1.807, 2.05) is 24.3 Å². The van der Waals surface area contributed by atoms with Crippen molar-refractivity contribution in [2.75, 3.05) is 32.8 Å². The lowest BCUT2D eigenvalue weighted by atomic mass is 10.1. The molecule has 0 aromatic heterocycles. The molecule has 0 bridgehead atoms. The molecular formula is C18H26ClNO3. The van der Waals surface area contributed by atoms with Gasteiger partial charge in [0.15, 0.2) is 0 Å². The molecule has 23 heavy (non-hydrogen) atoms. The van der Waals surface area contributed by atoms with Gasteiger partial charge >= 0.3 is 5.97 Å². The maximum Gasteiger partial charge on any atom is 0.306 e. The highest BCUT2D eigenvalue weighted by atomic mass is 35.5. The molecule has 0 amide bonds. The average molecular weight is 340 g/mol. The SMILES string of the molecule is CC(C)CN1CCOC(COC(=O)CCc2ccc(Cl)cc2)C1. The van der Waals surface area contributed by atoms with Gasteiger partial charge < -0.3 is 9.47 Å². The summed E-state index contributed by atoms with van der Waals surface area (Å²) in [5.41, 5.74) is 1.09. The van der Waals surface area contributed by atoms with Crippen molar-refractivity contribution in [3.63, 3.8) is 0 Å². The second kappa shape index (κ2) is 9.26. The van der Waals surface area contributed by atoms with Crippen molar-refractivity contribution in [1.29, 1.82) is 0 Å². The van der Waals surface area contributed by atoms with Crippen LogP contribution in [0, 0.1) is 5.92 Å². The van der Waals surface area contributed by atoms with E-state index in [4.69, 9.17) is 21.1 Å². The van der Waals surface area contributed by atoms with E-state index >= 15 is 0 Å². The lowest BCUT2D eigenvalue weighted by Gasteiger charge is -2.33. The molecule has 1 heterocycles. The van der Waals surface area contributed by atoms with E-state index in [-0.39, 0.29) is 12.1 Å². The van der Waals surface area contributed by atoms with Crippen LogP contribution in [0.4, 0.5) is 0 Å². The first-order chi connectivity index (χ1) is 11.0. The molecule has 2 rings (SSSR count). The standard InChI is InChI=1S/C18H26ClNO3/c1-14(2)11-20-9-10-22-17(12-20)13-23-18(21)8-5-15-3-6-16(19)7-4-15/h3-4,6-7,14,17H,5,8-13H2,1-2H3. The molecule has 0 N–H and O–H groups in total. The molecule has 1 unspecified atom stereocenters. The van der Waals surface area contributed by atoms with Crippen LogP contribution in [-0.2, 0) is 20.7 Å². The maximum atomic E-state index is 11.9. The number of carbonyl (C=O) groups excluding carboxylic acids is 1. The number of hydrogen-bond acceptors (Lipinski definition) is 4. The summed E-state index contributed by atoms with van der Waals surface area (Å²) in [4.78, 5) is 14.2. The highest BCUT2D eigenvalue weighted by Gasteiger charge is 2.22. The Labute approximate surface area is 143 Å². The average Bonchev–Trinajstić information content (AvgIpc) is 2.52. The van der Waals surface area contributed by atoms with Gasteiger partial charge in [0.05, 0.1) is 6.61 Å². The molecule has 0 spiro atoms. The van der Waals surface area contributed by atoms with Gasteiger partial charge in [0.2, 0.25) is 0 Å². The molecule has 1 fully saturated rings. The Kier molecular flexibility index (Phi) is 7.34. The summed E-state index contributed by atoms with van der Waals surface area (Å²) in [5, 5.41) is 0.705. The van der Waals surface area contributed by atoms with Crippen LogP contribution in [0.25, 0.3) is 0 Å². The number of ether oxygens (including phenoxy) is 2. The van der Waals surface area contributed by atoms with E-state index in [0.29, 0.717) is 37.0 Å². The van der Waals surface area contributed by atoms with E-state index in [1.165, 1.54) is 0 Å². The van der Waals surface area contributed by atoms with Crippen molar-refractivity contribution >= 4 is 17.6 Å². The highest BCUT2D eigenvalue weighted by molar-refractivity contribution is 6.30. The van der Waals surface area contributed by atoms with Crippen LogP contribution in [0.15, 0.2) is 24.3 Å². The van der Waals surface area contributed by atoms with Crippen molar-refractivity contribution in [1.82, 2.24) is 4.90 Å². The number of benzene rings is 1. The first-order valence-electron chi connectivity index (χ1n) is 8.27. The summed E-state index contributed by atoms with van der Waals surface area (Å²) >= 11 is 5.84. The van der Waals surface area contributed by atoms with Crippen LogP contribution >= 0.6 is 11.6 Å². The van der Waals surface area contributed by atoms with E-state index in [2.05, 4.69) is 18.7 Å². The molecule has 0 radical (unpaired) electrons. The topological polar surface area (TPSA) is 38.8 Å². The van der Waals surface area contributed by atoms with Crippen LogP contribution in [0.5, 0.6) is 0 Å². The first kappa shape index (κ1) is 18.2. The van der Waals surface area contributed by atoms with E-state index < -0.39 is 0 Å². The number of morpholine rings is 1. The predicted molar refractivity (Wildman–Crippen MR) is 91.8 cm³/mol. The number of hydrogen-bond donors (Lipinski definition) is 0. The van der Waals surface area contributed by atoms with Gasteiger partial charge in [-0.3, -0.25) is 9.69 Å². The Morgan fingerprint density at radius 2 is 2.13 bits per heavy atom. The number of rotatable bonds is 7. The summed E-state index contributed by atoms with van der Waals surface area (Å²) < 4.78 is 11.0. The lowest BCUT2D eigenvalue weighted by molar-refractivity contribution is -0.150. The number of nitrogens with zero attached hydrogens (tertiary/aromatic N) is 1. The van der Waals surface area contributed by atoms with Crippen LogP contribution in [0.3, 0.4) is 0 Å². The van der Waals surface area contributed by atoms with E-state index in [0.717, 1.165) is 25.2 Å². The fourth-order valence-corrected chi connectivity index (χ4v) is 2.85. The molecule has 1 saturated heterocycles. The Hall–Kier alpha value is -1.10. The minimum absolute atomic E-state index is 0.0121. The zero-order valence-electron chi connectivity index (χ0n) is 14.0. The van der Waals surface area contributed by atoms with Gasteiger partial charge in [-0.05, 0) is 30.0 Å². The third-order valence-corrected chi connectivity index (χ3v) is 4.06. The normalized spacial score (nSPS) is 19.0. The molecule has 1 aliphatic heterocycles. The Morgan fingerprint density at radius 1 is 1.39 bits per heavy atom. The summed E-state index contributed by atoms with van der Waals surface area (Å²) in [6, 6.07) is 7.54. The second-order valence-corrected chi connectivity index (χ2v) is 6.89. The van der Waals surface area contributed by atoms with Crippen molar-refractivity contribution in [3.05, 3.63) is 34.9 Å². The van der Waals surface area contributed by atoms with Crippen molar-refractivity contribution in [2.45, 2.75) is 32.8 Å². The highest BCUT2D eigenvalue weighted by Crippen LogP contribution is 2.12. The minimum atomic E-state index is -0.176. The molecule has 0 aliphatic carbocycles. The van der Waals surface area contributed by atoms with Gasteiger partial charge in [-0.25, -0.2) is 0 Å². The second-order valence-electron chi connectivity index (χ2n) is 6.46. The number of aryl methyl sites for hydroxylation is 1. The van der Waals surface area contributed by atoms with Crippen LogP contribution < -0.4 is 0 Å². The zero-order chi connectivity index (χ0) is 16.7. The molecule has 4 nitrogen and oxygen atoms in total. The third kappa shape index (κ3) is 6.90. The van der Waals surface area contributed by atoms with Crippen molar-refractivity contribution in [2.24, 2.45) is 5.92 Å². The van der Waals surface area contributed by atoms with Gasteiger partial charge in [0, 0.05) is 31.1 Å². The fraction of sp³-hybridized carbons (Fsp3) is 0.611. The quantitative estimate of drug-likeness (QED) is 0.715. The molecule has 1 aromatic carbocycles. The largest absolute Gasteiger partial charge is 0.463 e. The smallest absolute Gasteiger partial charge is 0.306 e. The Balaban J connectivity index is 1.66. The molecule has 128 valence electrons. The molecule has 1 aromatic rings. The van der Waals surface area contributed by atoms with Crippen molar-refractivity contribution < 1.29 is 14.3 Å². The predicted octanol–water partition coefficient (Wildman–Crippen LogP) is 3.17. The summed E-state index contributed by atoms with van der Waals surface area (Å²) in [6.07, 6.45) is 1.03. The van der Waals surface area contributed by atoms with E-state index in [1.54, 1.807) is 0 Å². The number of halogens is 1. The Bertz CT molecular complexity index is 490. The van der Waals surface area contributed by atoms with Crippen LogP contribution in [0.2, 0.25) is 5.02 Å². The molecule has 1 atom stereocenters. The maximum absolute atomic E-state index is 11.9. The molecule has 0 saturated carbocycles. The van der Waals surface area contributed by atoms with Crippen LogP contribution in [0.1, 0.15) is 25.8 Å². The van der Waals surface area contributed by atoms with Crippen molar-refractivity contribution in [3.8, 4) is 0 Å². The molecule has 1 aliphatic rings. The molecule has 5 heteroatoms. The third-order valence-electron chi connectivity index (χ3n) is 3.81. The Morgan fingerprint density at radius 3 is 2.83 bits per heavy atom. The lowest BCUT2D eigenvalue weighted by Crippen LogP contribution is -2.45. The summed E-state index contributed by atoms with van der Waals surface area (Å²) in [5.74, 6) is 0.459. The van der Waals surface area contributed by atoms with Gasteiger partial charge in [-0.1, -0.05) is 37.6 Å². The monoisotopic (exact) mass is 339 g/mol. The van der Waals surface area contributed by atoms with Gasteiger partial charge in [-0.2, -0.15) is 0 Å². The zero-order valence-corrected chi connectivity index (χ0v) is 14.7. The van der Waals surface area contributed by atoms with E-state index in [9.17, 15) is 4.79 Å².